The second-order valence-electron chi connectivity index (χ2n) is 7.17. The molecule has 1 N–H and O–H groups in total. The van der Waals surface area contributed by atoms with Crippen molar-refractivity contribution in [2.45, 2.75) is 58.5 Å². The van der Waals surface area contributed by atoms with E-state index in [0.29, 0.717) is 6.04 Å². The first-order valence-corrected chi connectivity index (χ1v) is 8.07. The van der Waals surface area contributed by atoms with Gasteiger partial charge in [-0.1, -0.05) is 26.7 Å². The maximum Gasteiger partial charge on any atom is 0.0594 e. The van der Waals surface area contributed by atoms with Gasteiger partial charge in [-0.2, -0.15) is 0 Å². The molecule has 0 amide bonds. The summed E-state index contributed by atoms with van der Waals surface area (Å²) in [6.45, 7) is 14.6. The molecule has 3 unspecified atom stereocenters. The number of morpholine rings is 1. The summed E-state index contributed by atoms with van der Waals surface area (Å²) in [4.78, 5) is 2.57. The Bertz CT molecular complexity index is 274. The molecular formula is C16H32N2O. The molecule has 0 bridgehead atoms. The van der Waals surface area contributed by atoms with Crippen molar-refractivity contribution in [1.82, 2.24) is 10.2 Å². The predicted octanol–water partition coefficient (Wildman–Crippen LogP) is 2.51. The van der Waals surface area contributed by atoms with Crippen molar-refractivity contribution in [1.29, 1.82) is 0 Å². The zero-order valence-corrected chi connectivity index (χ0v) is 13.2. The van der Waals surface area contributed by atoms with E-state index in [-0.39, 0.29) is 5.54 Å². The first kappa shape index (κ1) is 15.3. The van der Waals surface area contributed by atoms with Crippen molar-refractivity contribution < 1.29 is 4.74 Å². The molecule has 19 heavy (non-hydrogen) atoms. The van der Waals surface area contributed by atoms with Crippen LogP contribution in [-0.4, -0.2) is 49.3 Å². The molecule has 2 aliphatic rings. The summed E-state index contributed by atoms with van der Waals surface area (Å²) in [5.41, 5.74) is 0.240. The van der Waals surface area contributed by atoms with Crippen molar-refractivity contribution in [2.24, 2.45) is 11.8 Å². The maximum absolute atomic E-state index is 5.46. The summed E-state index contributed by atoms with van der Waals surface area (Å²) >= 11 is 0. The van der Waals surface area contributed by atoms with E-state index in [9.17, 15) is 0 Å². The van der Waals surface area contributed by atoms with E-state index in [4.69, 9.17) is 4.74 Å². The Morgan fingerprint density at radius 3 is 2.53 bits per heavy atom. The third-order valence-electron chi connectivity index (χ3n) is 5.37. The molecule has 1 aliphatic carbocycles. The minimum absolute atomic E-state index is 0.240. The van der Waals surface area contributed by atoms with Gasteiger partial charge in [-0.05, 0) is 32.1 Å². The molecule has 2 rings (SSSR count). The minimum Gasteiger partial charge on any atom is -0.379 e. The molecule has 0 aromatic rings. The highest BCUT2D eigenvalue weighted by Crippen LogP contribution is 2.30. The lowest BCUT2D eigenvalue weighted by molar-refractivity contribution is -0.0116. The predicted molar refractivity (Wildman–Crippen MR) is 80.4 cm³/mol. The number of hydrogen-bond acceptors (Lipinski definition) is 3. The van der Waals surface area contributed by atoms with Gasteiger partial charge in [-0.15, -0.1) is 0 Å². The standard InChI is InChI=1S/C16H32N2O/c1-13-6-5-7-15(14(13)2)17-12-16(3,4)18-8-10-19-11-9-18/h13-15,17H,5-12H2,1-4H3. The summed E-state index contributed by atoms with van der Waals surface area (Å²) in [5, 5.41) is 3.86. The average Bonchev–Trinajstić information content (AvgIpc) is 2.41. The largest absolute Gasteiger partial charge is 0.379 e. The smallest absolute Gasteiger partial charge is 0.0594 e. The van der Waals surface area contributed by atoms with Crippen LogP contribution in [0, 0.1) is 11.8 Å². The molecule has 1 aliphatic heterocycles. The summed E-state index contributed by atoms with van der Waals surface area (Å²) in [7, 11) is 0. The monoisotopic (exact) mass is 268 g/mol. The second-order valence-corrected chi connectivity index (χ2v) is 7.17. The van der Waals surface area contributed by atoms with Gasteiger partial charge in [0.05, 0.1) is 13.2 Å². The van der Waals surface area contributed by atoms with Crippen molar-refractivity contribution >= 4 is 0 Å². The lowest BCUT2D eigenvalue weighted by Gasteiger charge is -2.43. The van der Waals surface area contributed by atoms with Gasteiger partial charge < -0.3 is 10.1 Å². The third kappa shape index (κ3) is 3.93. The topological polar surface area (TPSA) is 24.5 Å². The van der Waals surface area contributed by atoms with Gasteiger partial charge in [-0.25, -0.2) is 0 Å². The molecule has 3 heteroatoms. The Hall–Kier alpha value is -0.120. The van der Waals surface area contributed by atoms with E-state index < -0.39 is 0 Å². The van der Waals surface area contributed by atoms with Crippen molar-refractivity contribution in [3.8, 4) is 0 Å². The average molecular weight is 268 g/mol. The van der Waals surface area contributed by atoms with E-state index in [2.05, 4.69) is 37.9 Å². The number of hydrogen-bond donors (Lipinski definition) is 1. The fourth-order valence-corrected chi connectivity index (χ4v) is 3.53. The Morgan fingerprint density at radius 2 is 1.84 bits per heavy atom. The summed E-state index contributed by atoms with van der Waals surface area (Å²) in [6.07, 6.45) is 4.15. The molecule has 0 radical (unpaired) electrons. The normalized spacial score (nSPS) is 34.4. The molecule has 0 aromatic carbocycles. The number of ether oxygens (including phenoxy) is 1. The molecule has 3 atom stereocenters. The van der Waals surface area contributed by atoms with E-state index in [1.807, 2.05) is 0 Å². The van der Waals surface area contributed by atoms with Gasteiger partial charge in [0.15, 0.2) is 0 Å². The molecule has 1 saturated carbocycles. The van der Waals surface area contributed by atoms with Gasteiger partial charge >= 0.3 is 0 Å². The van der Waals surface area contributed by atoms with Crippen LogP contribution in [0.5, 0.6) is 0 Å². The minimum atomic E-state index is 0.240. The zero-order chi connectivity index (χ0) is 13.9. The van der Waals surface area contributed by atoms with E-state index in [1.54, 1.807) is 0 Å². The number of rotatable bonds is 4. The van der Waals surface area contributed by atoms with Crippen LogP contribution >= 0.6 is 0 Å². The fraction of sp³-hybridized carbons (Fsp3) is 1.00. The van der Waals surface area contributed by atoms with E-state index >= 15 is 0 Å². The van der Waals surface area contributed by atoms with Crippen LogP contribution in [0.3, 0.4) is 0 Å². The summed E-state index contributed by atoms with van der Waals surface area (Å²) < 4.78 is 5.46. The first-order valence-electron chi connectivity index (χ1n) is 8.07. The molecule has 1 heterocycles. The van der Waals surface area contributed by atoms with Gasteiger partial charge in [0.2, 0.25) is 0 Å². The van der Waals surface area contributed by atoms with E-state index in [1.165, 1.54) is 19.3 Å². The number of nitrogens with one attached hydrogen (secondary N) is 1. The van der Waals surface area contributed by atoms with Gasteiger partial charge in [0.25, 0.3) is 0 Å². The number of nitrogens with zero attached hydrogens (tertiary/aromatic N) is 1. The van der Waals surface area contributed by atoms with E-state index in [0.717, 1.165) is 44.7 Å². The zero-order valence-electron chi connectivity index (χ0n) is 13.2. The van der Waals surface area contributed by atoms with Crippen LogP contribution in [0.25, 0.3) is 0 Å². The molecule has 0 aromatic heterocycles. The van der Waals surface area contributed by atoms with Crippen LogP contribution in [0.15, 0.2) is 0 Å². The third-order valence-corrected chi connectivity index (χ3v) is 5.37. The Morgan fingerprint density at radius 1 is 1.16 bits per heavy atom. The van der Waals surface area contributed by atoms with Crippen molar-refractivity contribution in [3.05, 3.63) is 0 Å². The van der Waals surface area contributed by atoms with Gasteiger partial charge in [0.1, 0.15) is 0 Å². The second kappa shape index (κ2) is 6.55. The highest BCUT2D eigenvalue weighted by Gasteiger charge is 2.31. The van der Waals surface area contributed by atoms with Crippen LogP contribution in [0.1, 0.15) is 47.0 Å². The summed E-state index contributed by atoms with van der Waals surface area (Å²) in [6, 6.07) is 0.712. The van der Waals surface area contributed by atoms with Crippen molar-refractivity contribution in [2.75, 3.05) is 32.8 Å². The maximum atomic E-state index is 5.46. The van der Waals surface area contributed by atoms with Gasteiger partial charge in [-0.3, -0.25) is 4.90 Å². The Balaban J connectivity index is 1.82. The molecule has 2 fully saturated rings. The highest BCUT2D eigenvalue weighted by atomic mass is 16.5. The highest BCUT2D eigenvalue weighted by molar-refractivity contribution is 4.89. The van der Waals surface area contributed by atoms with Crippen LogP contribution in [0.4, 0.5) is 0 Å². The Kier molecular flexibility index (Phi) is 5.27. The lowest BCUT2D eigenvalue weighted by atomic mass is 9.78. The van der Waals surface area contributed by atoms with Crippen LogP contribution in [-0.2, 0) is 4.74 Å². The molecule has 112 valence electrons. The van der Waals surface area contributed by atoms with Gasteiger partial charge in [0, 0.05) is 31.2 Å². The SMILES string of the molecule is CC1CCCC(NCC(C)(C)N2CCOCC2)C1C. The molecule has 1 saturated heterocycles. The fourth-order valence-electron chi connectivity index (χ4n) is 3.53. The first-order chi connectivity index (χ1) is 9.00. The Labute approximate surface area is 119 Å². The molecule has 3 nitrogen and oxygen atoms in total. The molecule has 0 spiro atoms. The summed E-state index contributed by atoms with van der Waals surface area (Å²) in [5.74, 6) is 1.69. The van der Waals surface area contributed by atoms with Crippen LogP contribution < -0.4 is 5.32 Å². The molecular weight excluding hydrogens is 236 g/mol. The quantitative estimate of drug-likeness (QED) is 0.848. The van der Waals surface area contributed by atoms with Crippen molar-refractivity contribution in [3.63, 3.8) is 0 Å². The lowest BCUT2D eigenvalue weighted by Crippen LogP contribution is -2.57. The van der Waals surface area contributed by atoms with Crippen LogP contribution in [0.2, 0.25) is 0 Å².